The van der Waals surface area contributed by atoms with Crippen LogP contribution in [0.1, 0.15) is 376 Å². The largest absolute Gasteiger partial charge is 0.472 e. The SMILES string of the molecule is CCCCCC/C=C\C=C/CCCCCCCC(=O)OC[C@H](COP(=O)(O)OC[C@@H](O)COP(=O)(O)OC[C@@H](COC(=O)CCCCCCCCCCC(C)CC)OC(=O)CCCCCCCCCCCC(C)C)OC(=O)CCCCCCCCCCCCCCCCCC(C)C. The molecule has 3 unspecified atom stereocenters. The summed E-state index contributed by atoms with van der Waals surface area (Å²) in [5.74, 6) is 0.165. The maximum atomic E-state index is 13.1. The molecule has 0 amide bonds. The van der Waals surface area contributed by atoms with E-state index in [2.05, 4.69) is 72.8 Å². The maximum Gasteiger partial charge on any atom is 0.472 e. The Labute approximate surface area is 592 Å². The molecule has 0 aliphatic carbocycles. The van der Waals surface area contributed by atoms with Crippen molar-refractivity contribution in [3.8, 4) is 0 Å². The van der Waals surface area contributed by atoms with E-state index in [9.17, 15) is 43.2 Å². The zero-order valence-corrected chi connectivity index (χ0v) is 64.8. The number of unbranched alkanes of at least 4 members (excludes halogenated alkanes) is 38. The smallest absolute Gasteiger partial charge is 0.462 e. The predicted molar refractivity (Wildman–Crippen MR) is 395 cm³/mol. The Hall–Kier alpha value is -2.46. The summed E-state index contributed by atoms with van der Waals surface area (Å²) in [5, 5.41) is 10.6. The predicted octanol–water partition coefficient (Wildman–Crippen LogP) is 22.5. The van der Waals surface area contributed by atoms with Crippen molar-refractivity contribution in [2.75, 3.05) is 39.6 Å². The van der Waals surface area contributed by atoms with E-state index < -0.39 is 97.5 Å². The fourth-order valence-corrected chi connectivity index (χ4v) is 13.0. The molecule has 0 aromatic rings. The van der Waals surface area contributed by atoms with Crippen molar-refractivity contribution in [1.29, 1.82) is 0 Å². The van der Waals surface area contributed by atoms with Gasteiger partial charge in [0.25, 0.3) is 0 Å². The topological polar surface area (TPSA) is 237 Å². The lowest BCUT2D eigenvalue weighted by Crippen LogP contribution is -2.30. The van der Waals surface area contributed by atoms with Gasteiger partial charge in [0.15, 0.2) is 12.2 Å². The third kappa shape index (κ3) is 70.4. The molecule has 0 rings (SSSR count). The van der Waals surface area contributed by atoms with Gasteiger partial charge in [0, 0.05) is 25.7 Å². The van der Waals surface area contributed by atoms with Gasteiger partial charge in [-0.25, -0.2) is 9.13 Å². The third-order valence-corrected chi connectivity index (χ3v) is 19.8. The number of ether oxygens (including phenoxy) is 4. The van der Waals surface area contributed by atoms with E-state index in [1.807, 2.05) is 0 Å². The molecule has 0 aromatic carbocycles. The summed E-state index contributed by atoms with van der Waals surface area (Å²) in [5.41, 5.74) is 0. The van der Waals surface area contributed by atoms with Crippen LogP contribution < -0.4 is 0 Å². The van der Waals surface area contributed by atoms with Crippen molar-refractivity contribution < 1.29 is 80.2 Å². The summed E-state index contributed by atoms with van der Waals surface area (Å²) < 4.78 is 68.6. The van der Waals surface area contributed by atoms with Crippen LogP contribution in [-0.4, -0.2) is 96.7 Å². The van der Waals surface area contributed by atoms with E-state index >= 15 is 0 Å². The highest BCUT2D eigenvalue weighted by atomic mass is 31.2. The number of aliphatic hydroxyl groups excluding tert-OH is 1. The van der Waals surface area contributed by atoms with Crippen LogP contribution in [0.15, 0.2) is 24.3 Å². The molecule has 0 aromatic heterocycles. The first-order valence-electron chi connectivity index (χ1n) is 39.7. The fraction of sp³-hybridized carbons (Fsp3) is 0.897. The molecule has 0 radical (unpaired) electrons. The van der Waals surface area contributed by atoms with Crippen molar-refractivity contribution >= 4 is 39.5 Å². The quantitative estimate of drug-likeness (QED) is 0.0169. The number of rotatable bonds is 74. The van der Waals surface area contributed by atoms with Crippen molar-refractivity contribution in [2.24, 2.45) is 17.8 Å². The van der Waals surface area contributed by atoms with Crippen molar-refractivity contribution in [3.05, 3.63) is 24.3 Å². The molecular formula is C78H148O17P2. The summed E-state index contributed by atoms with van der Waals surface area (Å²) in [4.78, 5) is 72.9. The van der Waals surface area contributed by atoms with Gasteiger partial charge in [0.1, 0.15) is 19.3 Å². The zero-order chi connectivity index (χ0) is 71.6. The summed E-state index contributed by atoms with van der Waals surface area (Å²) >= 11 is 0. The normalized spacial score (nSPS) is 14.5. The van der Waals surface area contributed by atoms with Gasteiger partial charge in [0.2, 0.25) is 0 Å². The lowest BCUT2D eigenvalue weighted by atomic mass is 9.99. The first-order chi connectivity index (χ1) is 46.8. The number of carbonyl (C=O) groups is 4. The van der Waals surface area contributed by atoms with Crippen LogP contribution in [-0.2, 0) is 65.4 Å². The van der Waals surface area contributed by atoms with Gasteiger partial charge in [-0.3, -0.25) is 37.3 Å². The molecule has 17 nitrogen and oxygen atoms in total. The van der Waals surface area contributed by atoms with Crippen LogP contribution >= 0.6 is 15.6 Å². The molecule has 0 aliphatic heterocycles. The van der Waals surface area contributed by atoms with Crippen molar-refractivity contribution in [1.82, 2.24) is 0 Å². The van der Waals surface area contributed by atoms with Gasteiger partial charge in [-0.2, -0.15) is 0 Å². The Balaban J connectivity index is 5.29. The van der Waals surface area contributed by atoms with Gasteiger partial charge >= 0.3 is 39.5 Å². The Morgan fingerprint density at radius 2 is 0.608 bits per heavy atom. The zero-order valence-electron chi connectivity index (χ0n) is 63.0. The van der Waals surface area contributed by atoms with Crippen LogP contribution in [0.3, 0.4) is 0 Å². The van der Waals surface area contributed by atoms with E-state index in [-0.39, 0.29) is 25.7 Å². The summed E-state index contributed by atoms with van der Waals surface area (Å²) in [6.07, 6.45) is 57.6. The monoisotopic (exact) mass is 1420 g/mol. The molecular weight excluding hydrogens is 1270 g/mol. The number of aliphatic hydroxyl groups is 1. The number of esters is 4. The van der Waals surface area contributed by atoms with E-state index in [1.165, 1.54) is 167 Å². The molecule has 3 N–H and O–H groups in total. The minimum absolute atomic E-state index is 0.100. The Morgan fingerprint density at radius 3 is 0.918 bits per heavy atom. The number of hydrogen-bond acceptors (Lipinski definition) is 15. The fourth-order valence-electron chi connectivity index (χ4n) is 11.4. The van der Waals surface area contributed by atoms with Crippen LogP contribution in [0, 0.1) is 17.8 Å². The lowest BCUT2D eigenvalue weighted by Gasteiger charge is -2.21. The molecule has 0 heterocycles. The highest BCUT2D eigenvalue weighted by Crippen LogP contribution is 2.45. The van der Waals surface area contributed by atoms with Gasteiger partial charge in [0.05, 0.1) is 26.4 Å². The number of phosphoric acid groups is 2. The lowest BCUT2D eigenvalue weighted by molar-refractivity contribution is -0.161. The number of phosphoric ester groups is 2. The Morgan fingerprint density at radius 1 is 0.340 bits per heavy atom. The molecule has 6 atom stereocenters. The molecule has 0 fully saturated rings. The minimum atomic E-state index is -4.97. The number of carbonyl (C=O) groups excluding carboxylic acids is 4. The highest BCUT2D eigenvalue weighted by Gasteiger charge is 2.30. The van der Waals surface area contributed by atoms with Crippen molar-refractivity contribution in [3.63, 3.8) is 0 Å². The second-order valence-corrected chi connectivity index (χ2v) is 31.5. The molecule has 572 valence electrons. The second kappa shape index (κ2) is 68.0. The van der Waals surface area contributed by atoms with Crippen LogP contribution in [0.5, 0.6) is 0 Å². The van der Waals surface area contributed by atoms with Crippen LogP contribution in [0.25, 0.3) is 0 Å². The summed E-state index contributed by atoms with van der Waals surface area (Å²) in [6, 6.07) is 0. The molecule has 0 aliphatic rings. The highest BCUT2D eigenvalue weighted by molar-refractivity contribution is 7.47. The molecule has 19 heteroatoms. The number of allylic oxidation sites excluding steroid dienone is 4. The van der Waals surface area contributed by atoms with E-state index in [0.717, 1.165) is 127 Å². The third-order valence-electron chi connectivity index (χ3n) is 17.9. The first-order valence-corrected chi connectivity index (χ1v) is 42.7. The van der Waals surface area contributed by atoms with E-state index in [4.69, 9.17) is 37.0 Å². The Bertz CT molecular complexity index is 1980. The van der Waals surface area contributed by atoms with E-state index in [1.54, 1.807) is 0 Å². The minimum Gasteiger partial charge on any atom is -0.462 e. The average Bonchev–Trinajstić information content (AvgIpc) is 1.51. The summed E-state index contributed by atoms with van der Waals surface area (Å²) in [7, 11) is -9.93. The van der Waals surface area contributed by atoms with Crippen LogP contribution in [0.2, 0.25) is 0 Å². The number of hydrogen-bond donors (Lipinski definition) is 3. The van der Waals surface area contributed by atoms with Gasteiger partial charge in [-0.1, -0.05) is 323 Å². The molecule has 0 saturated heterocycles. The van der Waals surface area contributed by atoms with Crippen LogP contribution in [0.4, 0.5) is 0 Å². The van der Waals surface area contributed by atoms with E-state index in [0.29, 0.717) is 25.7 Å². The average molecular weight is 1420 g/mol. The first kappa shape index (κ1) is 94.5. The van der Waals surface area contributed by atoms with Gasteiger partial charge in [-0.15, -0.1) is 0 Å². The summed E-state index contributed by atoms with van der Waals surface area (Å²) in [6.45, 7) is 11.8. The molecule has 0 saturated carbocycles. The molecule has 0 spiro atoms. The Kier molecular flexibility index (Phi) is 66.3. The molecule has 0 bridgehead atoms. The van der Waals surface area contributed by atoms with Gasteiger partial charge < -0.3 is 33.8 Å². The molecule has 97 heavy (non-hydrogen) atoms. The maximum absolute atomic E-state index is 13.1. The van der Waals surface area contributed by atoms with Crippen molar-refractivity contribution in [2.45, 2.75) is 394 Å². The standard InChI is InChI=1S/C78H148O17P2/c1-8-10-11-12-13-14-15-16-18-22-25-30-38-45-52-59-75(80)88-65-73(94-77(82)61-54-47-40-31-26-23-20-17-19-21-24-28-35-42-49-56-69(3)4)67-92-96(84,85)90-63-72(79)64-91-97(86,87)93-68-74(95-78(83)62-55-48-41-32-27-29-36-43-50-57-70(5)6)66-89-76(81)60-53-46-39-34-33-37-44-51-58-71(7)9-2/h14-16,18,69-74,79H,8-13,17,19-68H2,1-7H3,(H,84,85)(H,86,87)/b15-14-,18-16-/t71?,72-,73-,74-/m1/s1. The second-order valence-electron chi connectivity index (χ2n) is 28.6. The van der Waals surface area contributed by atoms with Gasteiger partial charge in [-0.05, 0) is 69.1 Å².